The van der Waals surface area contributed by atoms with Crippen LogP contribution in [0.4, 0.5) is 9.18 Å². The van der Waals surface area contributed by atoms with Crippen molar-refractivity contribution in [1.29, 1.82) is 0 Å². The zero-order valence-electron chi connectivity index (χ0n) is 20.7. The van der Waals surface area contributed by atoms with Crippen LogP contribution in [0.2, 0.25) is 0 Å². The van der Waals surface area contributed by atoms with Crippen LogP contribution in [0.25, 0.3) is 0 Å². The van der Waals surface area contributed by atoms with Gasteiger partial charge in [0.05, 0.1) is 12.6 Å². The van der Waals surface area contributed by atoms with Crippen LogP contribution in [0.15, 0.2) is 24.3 Å². The molecule has 0 radical (unpaired) electrons. The van der Waals surface area contributed by atoms with Crippen LogP contribution in [-0.2, 0) is 24.4 Å². The molecule has 1 aliphatic carbocycles. The number of aliphatic hydroxyl groups is 1. The predicted octanol–water partition coefficient (Wildman–Crippen LogP) is 1.29. The van der Waals surface area contributed by atoms with E-state index in [1.165, 1.54) is 12.1 Å². The van der Waals surface area contributed by atoms with E-state index in [1.54, 1.807) is 6.07 Å². The molecule has 1 unspecified atom stereocenters. The average molecular weight is 544 g/mol. The molecule has 3 amide bonds. The standard InChI is InChI=1S/C24H34FN3O8S/c1-13(2)8-19(28-24(32)36-12-16-10-18(16)14-4-3-5-17(25)9-14)22(30)27-20(23(31)37(33,34)35)11-15-6-7-26-21(15)29/h3-5,9,13,15-16,18-20,23,31H,6-8,10-12H2,1-2H3,(H,26,29)(H,27,30)(H,28,32)(H,33,34,35)/t15-,16-,18-,19+,20+,23?/m1/s1. The third-order valence-corrected chi connectivity index (χ3v) is 7.56. The van der Waals surface area contributed by atoms with Crippen molar-refractivity contribution < 1.29 is 41.6 Å². The van der Waals surface area contributed by atoms with Crippen molar-refractivity contribution in [3.8, 4) is 0 Å². The maximum atomic E-state index is 13.4. The van der Waals surface area contributed by atoms with Crippen molar-refractivity contribution in [3.05, 3.63) is 35.6 Å². The summed E-state index contributed by atoms with van der Waals surface area (Å²) in [5.41, 5.74) is -1.53. The van der Waals surface area contributed by atoms with Gasteiger partial charge in [-0.3, -0.25) is 14.1 Å². The summed E-state index contributed by atoms with van der Waals surface area (Å²) in [6.07, 6.45) is 0.209. The van der Waals surface area contributed by atoms with Crippen molar-refractivity contribution in [2.75, 3.05) is 13.2 Å². The second-order valence-electron chi connectivity index (χ2n) is 10.1. The SMILES string of the molecule is CC(C)C[C@H](NC(=O)OC[C@H]1C[C@@H]1c1cccc(F)c1)C(=O)N[C@@H](C[C@H]1CCNC1=O)C(O)S(=O)(=O)O. The van der Waals surface area contributed by atoms with Gasteiger partial charge >= 0.3 is 6.09 Å². The Bertz CT molecular complexity index is 1100. The normalized spacial score (nSPS) is 23.6. The summed E-state index contributed by atoms with van der Waals surface area (Å²) >= 11 is 0. The zero-order chi connectivity index (χ0) is 27.3. The molecule has 3 rings (SSSR count). The Morgan fingerprint density at radius 1 is 1.27 bits per heavy atom. The van der Waals surface area contributed by atoms with Gasteiger partial charge in [-0.15, -0.1) is 0 Å². The number of amides is 3. The first-order valence-corrected chi connectivity index (χ1v) is 13.8. The molecule has 0 bridgehead atoms. The van der Waals surface area contributed by atoms with Gasteiger partial charge in [-0.2, -0.15) is 8.42 Å². The summed E-state index contributed by atoms with van der Waals surface area (Å²) in [6.45, 7) is 4.07. The minimum absolute atomic E-state index is 0.0248. The summed E-state index contributed by atoms with van der Waals surface area (Å²) in [7, 11) is -4.95. The Morgan fingerprint density at radius 3 is 2.59 bits per heavy atom. The van der Waals surface area contributed by atoms with Crippen LogP contribution in [0.1, 0.15) is 51.0 Å². The second-order valence-corrected chi connectivity index (χ2v) is 11.6. The molecule has 1 saturated carbocycles. The molecule has 13 heteroatoms. The Kier molecular flexibility index (Phi) is 9.48. The molecule has 0 spiro atoms. The smallest absolute Gasteiger partial charge is 0.407 e. The van der Waals surface area contributed by atoms with Crippen LogP contribution in [0.3, 0.4) is 0 Å². The molecule has 1 aliphatic heterocycles. The lowest BCUT2D eigenvalue weighted by Gasteiger charge is -2.27. The van der Waals surface area contributed by atoms with E-state index in [4.69, 9.17) is 4.74 Å². The molecule has 5 N–H and O–H groups in total. The van der Waals surface area contributed by atoms with Crippen molar-refractivity contribution in [1.82, 2.24) is 16.0 Å². The van der Waals surface area contributed by atoms with Crippen LogP contribution >= 0.6 is 0 Å². The van der Waals surface area contributed by atoms with E-state index in [0.717, 1.165) is 12.0 Å². The van der Waals surface area contributed by atoms with Gasteiger partial charge in [0, 0.05) is 18.4 Å². The topological polar surface area (TPSA) is 171 Å². The Hall–Kier alpha value is -2.77. The Labute approximate surface area is 215 Å². The first-order chi connectivity index (χ1) is 17.3. The van der Waals surface area contributed by atoms with Crippen LogP contribution in [0.5, 0.6) is 0 Å². The molecular weight excluding hydrogens is 509 g/mol. The third-order valence-electron chi connectivity index (χ3n) is 6.62. The number of benzene rings is 1. The van der Waals surface area contributed by atoms with Crippen molar-refractivity contribution >= 4 is 28.0 Å². The first kappa shape index (κ1) is 28.8. The number of alkyl carbamates (subject to hydrolysis) is 1. The lowest BCUT2D eigenvalue weighted by Crippen LogP contribution is -2.55. The lowest BCUT2D eigenvalue weighted by molar-refractivity contribution is -0.126. The second kappa shape index (κ2) is 12.2. The van der Waals surface area contributed by atoms with Gasteiger partial charge in [0.2, 0.25) is 17.3 Å². The van der Waals surface area contributed by atoms with Crippen molar-refractivity contribution in [2.24, 2.45) is 17.8 Å². The van der Waals surface area contributed by atoms with E-state index in [9.17, 15) is 36.9 Å². The highest BCUT2D eigenvalue weighted by molar-refractivity contribution is 7.86. The van der Waals surface area contributed by atoms with E-state index in [-0.39, 0.29) is 48.9 Å². The molecular formula is C24H34FN3O8S. The minimum Gasteiger partial charge on any atom is -0.449 e. The lowest BCUT2D eigenvalue weighted by atomic mass is 9.97. The number of ether oxygens (including phenoxy) is 1. The van der Waals surface area contributed by atoms with Gasteiger partial charge in [0.25, 0.3) is 10.1 Å². The van der Waals surface area contributed by atoms with E-state index in [1.807, 2.05) is 19.9 Å². The number of rotatable bonds is 12. The van der Waals surface area contributed by atoms with Crippen LogP contribution < -0.4 is 16.0 Å². The summed E-state index contributed by atoms with van der Waals surface area (Å²) in [5, 5.41) is 17.6. The number of nitrogens with one attached hydrogen (secondary N) is 3. The van der Waals surface area contributed by atoms with Crippen molar-refractivity contribution in [2.45, 2.75) is 63.0 Å². The number of carbonyl (C=O) groups is 3. The number of hydrogen-bond acceptors (Lipinski definition) is 7. The molecule has 1 saturated heterocycles. The molecule has 0 aromatic heterocycles. The fraction of sp³-hybridized carbons (Fsp3) is 0.625. The van der Waals surface area contributed by atoms with E-state index >= 15 is 0 Å². The summed E-state index contributed by atoms with van der Waals surface area (Å²) in [4.78, 5) is 37.4. The average Bonchev–Trinajstić information content (AvgIpc) is 3.49. The maximum Gasteiger partial charge on any atom is 0.407 e. The summed E-state index contributed by atoms with van der Waals surface area (Å²) < 4.78 is 51.2. The summed E-state index contributed by atoms with van der Waals surface area (Å²) in [5.74, 6) is -2.09. The molecule has 2 fully saturated rings. The zero-order valence-corrected chi connectivity index (χ0v) is 21.5. The monoisotopic (exact) mass is 543 g/mol. The number of aliphatic hydroxyl groups excluding tert-OH is 1. The van der Waals surface area contributed by atoms with Gasteiger partial charge in [-0.05, 0) is 55.2 Å². The van der Waals surface area contributed by atoms with Crippen molar-refractivity contribution in [3.63, 3.8) is 0 Å². The Morgan fingerprint density at radius 2 is 2.00 bits per heavy atom. The quantitative estimate of drug-likeness (QED) is 0.245. The maximum absolute atomic E-state index is 13.4. The van der Waals surface area contributed by atoms with Gasteiger partial charge in [0.1, 0.15) is 11.9 Å². The van der Waals surface area contributed by atoms with Gasteiger partial charge in [-0.25, -0.2) is 9.18 Å². The van der Waals surface area contributed by atoms with Crippen LogP contribution in [-0.4, -0.2) is 66.7 Å². The molecule has 1 heterocycles. The molecule has 1 aromatic rings. The highest BCUT2D eigenvalue weighted by atomic mass is 32.2. The molecule has 206 valence electrons. The predicted molar refractivity (Wildman–Crippen MR) is 130 cm³/mol. The first-order valence-electron chi connectivity index (χ1n) is 12.3. The summed E-state index contributed by atoms with van der Waals surface area (Å²) in [6, 6.07) is 3.62. The van der Waals surface area contributed by atoms with E-state index in [2.05, 4.69) is 16.0 Å². The molecule has 37 heavy (non-hydrogen) atoms. The number of hydrogen-bond donors (Lipinski definition) is 5. The van der Waals surface area contributed by atoms with Gasteiger partial charge in [0.15, 0.2) is 0 Å². The fourth-order valence-electron chi connectivity index (χ4n) is 4.56. The highest BCUT2D eigenvalue weighted by Crippen LogP contribution is 2.47. The molecule has 11 nitrogen and oxygen atoms in total. The number of halogens is 1. The molecule has 1 aromatic carbocycles. The number of carbonyl (C=O) groups excluding carboxylic acids is 3. The van der Waals surface area contributed by atoms with E-state index in [0.29, 0.717) is 13.0 Å². The van der Waals surface area contributed by atoms with E-state index < -0.39 is 45.6 Å². The fourth-order valence-corrected chi connectivity index (χ4v) is 5.16. The Balaban J connectivity index is 1.59. The third kappa shape index (κ3) is 8.37. The van der Waals surface area contributed by atoms with Crippen LogP contribution in [0, 0.1) is 23.6 Å². The van der Waals surface area contributed by atoms with Gasteiger partial charge in [-0.1, -0.05) is 26.0 Å². The van der Waals surface area contributed by atoms with Gasteiger partial charge < -0.3 is 25.8 Å². The highest BCUT2D eigenvalue weighted by Gasteiger charge is 2.40. The molecule has 2 aliphatic rings. The minimum atomic E-state index is -4.95. The largest absolute Gasteiger partial charge is 0.449 e. The molecule has 6 atom stereocenters.